The Morgan fingerprint density at radius 3 is 3.00 bits per heavy atom. The first-order valence-electron chi connectivity index (χ1n) is 7.40. The van der Waals surface area contributed by atoms with E-state index in [0.717, 1.165) is 30.2 Å². The van der Waals surface area contributed by atoms with Crippen molar-refractivity contribution >= 4 is 0 Å². The van der Waals surface area contributed by atoms with Crippen LogP contribution in [0.25, 0.3) is 0 Å². The molecule has 1 saturated heterocycles. The van der Waals surface area contributed by atoms with E-state index in [4.69, 9.17) is 10.5 Å². The lowest BCUT2D eigenvalue weighted by Crippen LogP contribution is -2.47. The molecule has 4 nitrogen and oxygen atoms in total. The third-order valence-corrected chi connectivity index (χ3v) is 4.26. The zero-order chi connectivity index (χ0) is 14.5. The van der Waals surface area contributed by atoms with E-state index < -0.39 is 6.10 Å². The van der Waals surface area contributed by atoms with Crippen molar-refractivity contribution in [2.24, 2.45) is 11.7 Å². The number of likely N-dealkylation sites (tertiary alicyclic amines) is 1. The van der Waals surface area contributed by atoms with Crippen molar-refractivity contribution in [1.29, 1.82) is 0 Å². The van der Waals surface area contributed by atoms with Gasteiger partial charge < -0.3 is 15.6 Å². The largest absolute Gasteiger partial charge is 0.497 e. The van der Waals surface area contributed by atoms with Gasteiger partial charge >= 0.3 is 0 Å². The van der Waals surface area contributed by atoms with Gasteiger partial charge in [0.1, 0.15) is 5.75 Å². The fraction of sp³-hybridized carbons (Fsp3) is 0.625. The predicted molar refractivity (Wildman–Crippen MR) is 80.8 cm³/mol. The number of piperidine rings is 1. The minimum absolute atomic E-state index is 0.388. The van der Waals surface area contributed by atoms with Gasteiger partial charge in [-0.05, 0) is 43.0 Å². The number of nitrogens with zero attached hydrogens (tertiary/aromatic N) is 1. The molecule has 20 heavy (non-hydrogen) atoms. The number of ether oxygens (including phenoxy) is 1. The van der Waals surface area contributed by atoms with Gasteiger partial charge in [0.15, 0.2) is 0 Å². The number of aliphatic hydroxyl groups is 1. The van der Waals surface area contributed by atoms with Crippen molar-refractivity contribution < 1.29 is 9.84 Å². The maximum atomic E-state index is 10.4. The van der Waals surface area contributed by atoms with E-state index in [1.807, 2.05) is 24.3 Å². The van der Waals surface area contributed by atoms with Crippen LogP contribution in [0.4, 0.5) is 0 Å². The smallest absolute Gasteiger partial charge is 0.119 e. The van der Waals surface area contributed by atoms with Gasteiger partial charge in [0.2, 0.25) is 0 Å². The molecule has 0 spiro atoms. The number of hydrogen-bond donors (Lipinski definition) is 2. The molecule has 4 heteroatoms. The Kier molecular flexibility index (Phi) is 5.40. The van der Waals surface area contributed by atoms with Crippen LogP contribution in [-0.4, -0.2) is 42.8 Å². The molecule has 1 aliphatic rings. The molecule has 0 bridgehead atoms. The number of hydrogen-bond acceptors (Lipinski definition) is 4. The maximum absolute atomic E-state index is 10.4. The summed E-state index contributed by atoms with van der Waals surface area (Å²) >= 11 is 0. The molecule has 0 aliphatic carbocycles. The molecule has 112 valence electrons. The van der Waals surface area contributed by atoms with E-state index in [1.54, 1.807) is 7.11 Å². The minimum atomic E-state index is -0.493. The Morgan fingerprint density at radius 1 is 1.50 bits per heavy atom. The number of rotatable bonds is 5. The van der Waals surface area contributed by atoms with Gasteiger partial charge in [-0.25, -0.2) is 0 Å². The van der Waals surface area contributed by atoms with Gasteiger partial charge in [0, 0.05) is 19.1 Å². The monoisotopic (exact) mass is 278 g/mol. The number of benzene rings is 1. The van der Waals surface area contributed by atoms with E-state index in [1.165, 1.54) is 6.42 Å². The van der Waals surface area contributed by atoms with Gasteiger partial charge in [0.05, 0.1) is 13.2 Å². The van der Waals surface area contributed by atoms with E-state index >= 15 is 0 Å². The van der Waals surface area contributed by atoms with E-state index in [-0.39, 0.29) is 0 Å². The lowest BCUT2D eigenvalue weighted by molar-refractivity contribution is 0.0564. The quantitative estimate of drug-likeness (QED) is 0.862. The third-order valence-electron chi connectivity index (χ3n) is 4.26. The fourth-order valence-corrected chi connectivity index (χ4v) is 2.96. The molecule has 3 unspecified atom stereocenters. The van der Waals surface area contributed by atoms with Crippen LogP contribution in [0.1, 0.15) is 31.4 Å². The van der Waals surface area contributed by atoms with E-state index in [2.05, 4.69) is 11.8 Å². The highest BCUT2D eigenvalue weighted by Crippen LogP contribution is 2.25. The van der Waals surface area contributed by atoms with Gasteiger partial charge in [-0.2, -0.15) is 0 Å². The highest BCUT2D eigenvalue weighted by atomic mass is 16.5. The summed E-state index contributed by atoms with van der Waals surface area (Å²) in [4.78, 5) is 2.32. The van der Waals surface area contributed by atoms with Crippen molar-refractivity contribution in [2.45, 2.75) is 31.9 Å². The maximum Gasteiger partial charge on any atom is 0.119 e. The molecule has 0 amide bonds. The number of methoxy groups -OCH3 is 1. The average Bonchev–Trinajstić information content (AvgIpc) is 2.49. The molecule has 0 saturated carbocycles. The molecular weight excluding hydrogens is 252 g/mol. The average molecular weight is 278 g/mol. The summed E-state index contributed by atoms with van der Waals surface area (Å²) in [5.41, 5.74) is 6.77. The first-order valence-corrected chi connectivity index (χ1v) is 7.40. The zero-order valence-corrected chi connectivity index (χ0v) is 12.5. The summed E-state index contributed by atoms with van der Waals surface area (Å²) in [5, 5.41) is 10.4. The fourth-order valence-electron chi connectivity index (χ4n) is 2.96. The summed E-state index contributed by atoms with van der Waals surface area (Å²) in [6, 6.07) is 8.03. The topological polar surface area (TPSA) is 58.7 Å². The van der Waals surface area contributed by atoms with Crippen molar-refractivity contribution in [3.63, 3.8) is 0 Å². The summed E-state index contributed by atoms with van der Waals surface area (Å²) < 4.78 is 5.21. The zero-order valence-electron chi connectivity index (χ0n) is 12.5. The van der Waals surface area contributed by atoms with Gasteiger partial charge in [0.25, 0.3) is 0 Å². The van der Waals surface area contributed by atoms with Crippen LogP contribution in [0.5, 0.6) is 5.75 Å². The van der Waals surface area contributed by atoms with Crippen LogP contribution >= 0.6 is 0 Å². The van der Waals surface area contributed by atoms with Crippen molar-refractivity contribution in [1.82, 2.24) is 4.90 Å². The minimum Gasteiger partial charge on any atom is -0.497 e. The normalized spacial score (nSPS) is 25.4. The van der Waals surface area contributed by atoms with Gasteiger partial charge in [-0.3, -0.25) is 4.90 Å². The molecule has 1 fully saturated rings. The Morgan fingerprint density at radius 2 is 2.30 bits per heavy atom. The first-order chi connectivity index (χ1) is 9.63. The summed E-state index contributed by atoms with van der Waals surface area (Å²) in [6.45, 7) is 4.60. The molecule has 1 aromatic rings. The first kappa shape index (κ1) is 15.3. The molecule has 3 atom stereocenters. The van der Waals surface area contributed by atoms with Crippen molar-refractivity contribution in [2.75, 3.05) is 26.7 Å². The van der Waals surface area contributed by atoms with Crippen LogP contribution in [0.3, 0.4) is 0 Å². The molecule has 0 aromatic heterocycles. The second-order valence-electron chi connectivity index (χ2n) is 5.81. The van der Waals surface area contributed by atoms with Gasteiger partial charge in [-0.1, -0.05) is 19.1 Å². The molecule has 1 aliphatic heterocycles. The van der Waals surface area contributed by atoms with Crippen molar-refractivity contribution in [3.8, 4) is 5.75 Å². The standard InChI is InChI=1S/C16H26N2O2/c1-12-6-7-18(14(8-12)10-17)11-16(19)13-4-3-5-15(9-13)20-2/h3-5,9,12,14,16,19H,6-8,10-11,17H2,1-2H3. The van der Waals surface area contributed by atoms with Crippen LogP contribution in [0.2, 0.25) is 0 Å². The summed E-state index contributed by atoms with van der Waals surface area (Å²) in [5.74, 6) is 1.51. The number of β-amino-alcohol motifs (C(OH)–C–C–N with tert-alkyl or cyclic N) is 1. The third kappa shape index (κ3) is 3.72. The van der Waals surface area contributed by atoms with Crippen LogP contribution in [0, 0.1) is 5.92 Å². The van der Waals surface area contributed by atoms with E-state index in [9.17, 15) is 5.11 Å². The van der Waals surface area contributed by atoms with Crippen LogP contribution in [0.15, 0.2) is 24.3 Å². The second-order valence-corrected chi connectivity index (χ2v) is 5.81. The number of nitrogens with two attached hydrogens (primary N) is 1. The van der Waals surface area contributed by atoms with Gasteiger partial charge in [-0.15, -0.1) is 0 Å². The highest BCUT2D eigenvalue weighted by molar-refractivity contribution is 5.29. The lowest BCUT2D eigenvalue weighted by atomic mass is 9.92. The summed E-state index contributed by atoms with van der Waals surface area (Å²) in [7, 11) is 1.64. The second kappa shape index (κ2) is 7.07. The van der Waals surface area contributed by atoms with Crippen LogP contribution in [-0.2, 0) is 0 Å². The Labute approximate surface area is 121 Å². The Hall–Kier alpha value is -1.10. The Bertz CT molecular complexity index is 425. The number of aliphatic hydroxyl groups excluding tert-OH is 1. The lowest BCUT2D eigenvalue weighted by Gasteiger charge is -2.39. The SMILES string of the molecule is COc1cccc(C(O)CN2CCC(C)CC2CN)c1. The highest BCUT2D eigenvalue weighted by Gasteiger charge is 2.27. The predicted octanol–water partition coefficient (Wildman–Crippen LogP) is 1.79. The molecular formula is C16H26N2O2. The van der Waals surface area contributed by atoms with Crippen molar-refractivity contribution in [3.05, 3.63) is 29.8 Å². The molecule has 0 radical (unpaired) electrons. The van der Waals surface area contributed by atoms with Crippen LogP contribution < -0.4 is 10.5 Å². The molecule has 2 rings (SSSR count). The molecule has 1 aromatic carbocycles. The molecule has 1 heterocycles. The Balaban J connectivity index is 2.00. The summed E-state index contributed by atoms with van der Waals surface area (Å²) in [6.07, 6.45) is 1.82. The molecule has 3 N–H and O–H groups in total. The van der Waals surface area contributed by atoms with E-state index in [0.29, 0.717) is 19.1 Å².